The molecule has 4 aliphatic carbocycles. The number of nitrogens with zero attached hydrogens (tertiary/aromatic N) is 1. The number of piperidine rings is 1. The number of hydrogen-bond donors (Lipinski definition) is 4. The van der Waals surface area contributed by atoms with Crippen LogP contribution in [0.5, 0.6) is 0 Å². The van der Waals surface area contributed by atoms with Crippen LogP contribution in [0.25, 0.3) is 0 Å². The van der Waals surface area contributed by atoms with Gasteiger partial charge in [0.1, 0.15) is 0 Å². The van der Waals surface area contributed by atoms with Crippen LogP contribution in [0.2, 0.25) is 0 Å². The van der Waals surface area contributed by atoms with Gasteiger partial charge in [0.2, 0.25) is 5.91 Å². The maximum absolute atomic E-state index is 12.7. The number of amides is 1. The fourth-order valence-electron chi connectivity index (χ4n) is 6.82. The second-order valence-electron chi connectivity index (χ2n) is 10.1. The lowest BCUT2D eigenvalue weighted by Crippen LogP contribution is -2.60. The van der Waals surface area contributed by atoms with Crippen molar-refractivity contribution in [2.24, 2.45) is 23.7 Å². The minimum atomic E-state index is -0.863. The zero-order valence-corrected chi connectivity index (χ0v) is 16.5. The lowest BCUT2D eigenvalue weighted by atomic mass is 9.53. The highest BCUT2D eigenvalue weighted by atomic mass is 16.3. The molecule has 0 aromatic rings. The van der Waals surface area contributed by atoms with Crippen LogP contribution in [0.4, 0.5) is 0 Å². The summed E-state index contributed by atoms with van der Waals surface area (Å²) in [4.78, 5) is 14.8. The summed E-state index contributed by atoms with van der Waals surface area (Å²) in [6.45, 7) is 2.90. The first-order valence-electron chi connectivity index (χ1n) is 10.9. The van der Waals surface area contributed by atoms with Crippen molar-refractivity contribution in [3.05, 3.63) is 0 Å². The van der Waals surface area contributed by atoms with Crippen LogP contribution < -0.4 is 5.32 Å². The summed E-state index contributed by atoms with van der Waals surface area (Å²) in [7, 11) is 0. The summed E-state index contributed by atoms with van der Waals surface area (Å²) < 4.78 is 0. The number of carbonyl (C=O) groups excluding carboxylic acids is 1. The van der Waals surface area contributed by atoms with Crippen LogP contribution in [-0.2, 0) is 4.79 Å². The molecule has 0 spiro atoms. The van der Waals surface area contributed by atoms with Crippen LogP contribution in [0.3, 0.4) is 0 Å². The quantitative estimate of drug-likeness (QED) is 0.549. The zero-order valence-electron chi connectivity index (χ0n) is 16.5. The average molecular weight is 381 g/mol. The number of hydrogen-bond acceptors (Lipinski definition) is 5. The first-order chi connectivity index (χ1) is 12.9. The molecule has 27 heavy (non-hydrogen) atoms. The van der Waals surface area contributed by atoms with Gasteiger partial charge in [-0.2, -0.15) is 0 Å². The summed E-state index contributed by atoms with van der Waals surface area (Å²) in [6, 6.07) is 0.142. The molecular formula is C21H36N2O4. The smallest absolute Gasteiger partial charge is 0.220 e. The van der Waals surface area contributed by atoms with E-state index in [4.69, 9.17) is 0 Å². The molecule has 5 aliphatic rings. The van der Waals surface area contributed by atoms with Gasteiger partial charge in [-0.25, -0.2) is 0 Å². The van der Waals surface area contributed by atoms with Gasteiger partial charge in [0.15, 0.2) is 0 Å². The Morgan fingerprint density at radius 3 is 2.26 bits per heavy atom. The second kappa shape index (κ2) is 7.62. The third kappa shape index (κ3) is 4.04. The van der Waals surface area contributed by atoms with E-state index in [1.807, 2.05) is 0 Å². The Morgan fingerprint density at radius 1 is 1.11 bits per heavy atom. The van der Waals surface area contributed by atoms with E-state index in [-0.39, 0.29) is 30.0 Å². The third-order valence-corrected chi connectivity index (χ3v) is 7.86. The molecule has 4 atom stereocenters. The van der Waals surface area contributed by atoms with Gasteiger partial charge in [-0.05, 0) is 69.6 Å². The highest BCUT2D eigenvalue weighted by molar-refractivity contribution is 5.77. The molecule has 4 N–H and O–H groups in total. The van der Waals surface area contributed by atoms with Crippen molar-refractivity contribution in [2.75, 3.05) is 19.7 Å². The molecule has 4 saturated carbocycles. The molecule has 4 bridgehead atoms. The number of aliphatic hydroxyl groups excluding tert-OH is 3. The second-order valence-corrected chi connectivity index (χ2v) is 10.1. The van der Waals surface area contributed by atoms with Gasteiger partial charge in [-0.15, -0.1) is 0 Å². The molecule has 5 rings (SSSR count). The van der Waals surface area contributed by atoms with Crippen molar-refractivity contribution >= 4 is 5.91 Å². The van der Waals surface area contributed by atoms with Gasteiger partial charge in [-0.3, -0.25) is 9.69 Å². The Labute approximate surface area is 162 Å². The molecule has 0 aromatic heterocycles. The van der Waals surface area contributed by atoms with E-state index < -0.39 is 12.2 Å². The van der Waals surface area contributed by atoms with Gasteiger partial charge >= 0.3 is 0 Å². The monoisotopic (exact) mass is 380 g/mol. The average Bonchev–Trinajstić information content (AvgIpc) is 2.60. The Morgan fingerprint density at radius 2 is 1.70 bits per heavy atom. The molecule has 0 aromatic carbocycles. The topological polar surface area (TPSA) is 93.0 Å². The predicted molar refractivity (Wildman–Crippen MR) is 102 cm³/mol. The van der Waals surface area contributed by atoms with E-state index >= 15 is 0 Å². The fourth-order valence-corrected chi connectivity index (χ4v) is 6.82. The normalized spacial score (nSPS) is 45.0. The standard InChI is InChI=1S/C21H36N2O4/c1-13(23-10-17(12-24)20(27)18(25)11-23)2-3-19(26)22-21-7-14-4-15(8-21)6-16(5-14)9-21/h13-18,20,24-25,27H,2-12H2,1H3,(H,22,26). The summed E-state index contributed by atoms with van der Waals surface area (Å²) in [5.41, 5.74) is 0.0719. The van der Waals surface area contributed by atoms with E-state index in [2.05, 4.69) is 17.1 Å². The predicted octanol–water partition coefficient (Wildman–Crippen LogP) is 0.886. The molecule has 0 radical (unpaired) electrons. The van der Waals surface area contributed by atoms with Crippen LogP contribution in [0, 0.1) is 23.7 Å². The summed E-state index contributed by atoms with van der Waals surface area (Å²) in [6.07, 6.45) is 7.19. The van der Waals surface area contributed by atoms with Crippen LogP contribution in [0.15, 0.2) is 0 Å². The number of carbonyl (C=O) groups is 1. The number of nitrogens with one attached hydrogen (secondary N) is 1. The highest BCUT2D eigenvalue weighted by Gasteiger charge is 2.51. The molecule has 1 aliphatic heterocycles. The maximum atomic E-state index is 12.7. The first-order valence-corrected chi connectivity index (χ1v) is 10.9. The molecule has 1 heterocycles. The lowest BCUT2D eigenvalue weighted by molar-refractivity contribution is -0.127. The Hall–Kier alpha value is -0.690. The van der Waals surface area contributed by atoms with Crippen LogP contribution in [0.1, 0.15) is 58.3 Å². The minimum Gasteiger partial charge on any atom is -0.396 e. The maximum Gasteiger partial charge on any atom is 0.220 e. The van der Waals surface area contributed by atoms with Crippen LogP contribution >= 0.6 is 0 Å². The highest BCUT2D eigenvalue weighted by Crippen LogP contribution is 2.55. The van der Waals surface area contributed by atoms with Gasteiger partial charge in [0, 0.05) is 43.6 Å². The Balaban J connectivity index is 1.27. The third-order valence-electron chi connectivity index (χ3n) is 7.86. The van der Waals surface area contributed by atoms with Crippen molar-refractivity contribution in [1.29, 1.82) is 0 Å². The minimum absolute atomic E-state index is 0.0719. The summed E-state index contributed by atoms with van der Waals surface area (Å²) >= 11 is 0. The summed E-state index contributed by atoms with van der Waals surface area (Å²) in [5.74, 6) is 2.32. The number of β-amino-alcohol motifs (C(OH)–C–C–N with tert-alkyl or cyclic N) is 1. The Kier molecular flexibility index (Phi) is 5.54. The van der Waals surface area contributed by atoms with Crippen molar-refractivity contribution in [3.8, 4) is 0 Å². The number of rotatable bonds is 6. The van der Waals surface area contributed by atoms with Gasteiger partial charge < -0.3 is 20.6 Å². The van der Waals surface area contributed by atoms with Crippen molar-refractivity contribution in [1.82, 2.24) is 10.2 Å². The number of aliphatic hydroxyl groups is 3. The summed E-state index contributed by atoms with van der Waals surface area (Å²) in [5, 5.41) is 32.8. The molecule has 154 valence electrons. The van der Waals surface area contributed by atoms with Gasteiger partial charge in [0.25, 0.3) is 0 Å². The van der Waals surface area contributed by atoms with Crippen LogP contribution in [-0.4, -0.2) is 69.6 Å². The molecule has 5 fully saturated rings. The number of likely N-dealkylation sites (tertiary alicyclic amines) is 1. The van der Waals surface area contributed by atoms with Crippen molar-refractivity contribution in [3.63, 3.8) is 0 Å². The van der Waals surface area contributed by atoms with E-state index in [9.17, 15) is 20.1 Å². The van der Waals surface area contributed by atoms with Gasteiger partial charge in [0.05, 0.1) is 12.2 Å². The fraction of sp³-hybridized carbons (Fsp3) is 0.952. The van der Waals surface area contributed by atoms with E-state index in [0.717, 1.165) is 24.2 Å². The lowest BCUT2D eigenvalue weighted by Gasteiger charge is -2.57. The molecular weight excluding hydrogens is 344 g/mol. The molecule has 4 unspecified atom stereocenters. The van der Waals surface area contributed by atoms with Gasteiger partial charge in [-0.1, -0.05) is 0 Å². The molecule has 1 amide bonds. The van der Waals surface area contributed by atoms with E-state index in [0.29, 0.717) is 19.5 Å². The van der Waals surface area contributed by atoms with E-state index in [1.54, 1.807) is 0 Å². The van der Waals surface area contributed by atoms with Crippen molar-refractivity contribution < 1.29 is 20.1 Å². The first kappa shape index (κ1) is 19.6. The van der Waals surface area contributed by atoms with Crippen molar-refractivity contribution in [2.45, 2.75) is 82.1 Å². The zero-order chi connectivity index (χ0) is 19.2. The molecule has 6 nitrogen and oxygen atoms in total. The largest absolute Gasteiger partial charge is 0.396 e. The van der Waals surface area contributed by atoms with E-state index in [1.165, 1.54) is 38.5 Å². The molecule has 1 saturated heterocycles. The Bertz CT molecular complexity index is 519. The molecule has 6 heteroatoms. The SMILES string of the molecule is CC(CCC(=O)NC12CC3CC(CC(C3)C1)C2)N1CC(O)C(O)C(CO)C1.